The highest BCUT2D eigenvalue weighted by atomic mass is 32.9. The molecule has 0 bridgehead atoms. The van der Waals surface area contributed by atoms with E-state index < -0.39 is 0 Å². The largest absolute Gasteiger partial charge is 0.507 e. The minimum absolute atomic E-state index is 0.388. The number of piperazine rings is 2. The predicted octanol–water partition coefficient (Wildman–Crippen LogP) is 6.60. The SMILES string of the molecule is COc1cc(CN2CCN(Cc3cc(-c4cc(=S)ss4)cc(CN4CCN(Cc5cc(OC)cc(OC)c5OC)CC4)c3O)CC2)c(OC)c(OC)c1. The lowest BCUT2D eigenvalue weighted by Crippen LogP contribution is -2.45. The second-order valence-corrected chi connectivity index (χ2v) is 16.2. The maximum absolute atomic E-state index is 11.8. The Bertz CT molecular complexity index is 1790. The highest BCUT2D eigenvalue weighted by Crippen LogP contribution is 2.39. The molecule has 6 rings (SSSR count). The molecule has 1 N–H and O–H groups in total. The van der Waals surface area contributed by atoms with Crippen molar-refractivity contribution in [3.05, 3.63) is 68.5 Å². The fourth-order valence-electron chi connectivity index (χ4n) is 7.19. The van der Waals surface area contributed by atoms with Gasteiger partial charge in [0.2, 0.25) is 0 Å². The van der Waals surface area contributed by atoms with Crippen molar-refractivity contribution >= 4 is 32.9 Å². The lowest BCUT2D eigenvalue weighted by molar-refractivity contribution is 0.118. The number of nitrogens with zero attached hydrogens (tertiary/aromatic N) is 4. The molecule has 53 heavy (non-hydrogen) atoms. The van der Waals surface area contributed by atoms with E-state index in [2.05, 4.69) is 37.8 Å². The van der Waals surface area contributed by atoms with Crippen molar-refractivity contribution in [1.82, 2.24) is 19.6 Å². The zero-order valence-corrected chi connectivity index (χ0v) is 33.9. The van der Waals surface area contributed by atoms with Gasteiger partial charge in [-0.2, -0.15) is 0 Å². The topological polar surface area (TPSA) is 88.6 Å². The van der Waals surface area contributed by atoms with Gasteiger partial charge in [-0.05, 0) is 35.9 Å². The summed E-state index contributed by atoms with van der Waals surface area (Å²) in [6.45, 7) is 9.88. The molecule has 3 heterocycles. The average Bonchev–Trinajstić information content (AvgIpc) is 3.63. The lowest BCUT2D eigenvalue weighted by atomic mass is 10.0. The summed E-state index contributed by atoms with van der Waals surface area (Å²) in [5, 5.41) is 11.8. The Morgan fingerprint density at radius 3 is 1.23 bits per heavy atom. The van der Waals surface area contributed by atoms with Crippen LogP contribution >= 0.6 is 32.9 Å². The Labute approximate surface area is 325 Å². The Kier molecular flexibility index (Phi) is 13.4. The summed E-state index contributed by atoms with van der Waals surface area (Å²) in [6, 6.07) is 14.1. The molecule has 0 aliphatic carbocycles. The van der Waals surface area contributed by atoms with Gasteiger partial charge in [0.25, 0.3) is 0 Å². The van der Waals surface area contributed by atoms with Crippen LogP contribution in [0.25, 0.3) is 10.4 Å². The average molecular weight is 783 g/mol. The van der Waals surface area contributed by atoms with Crippen LogP contribution in [0.2, 0.25) is 0 Å². The Morgan fingerprint density at radius 2 is 0.906 bits per heavy atom. The van der Waals surface area contributed by atoms with Crippen molar-refractivity contribution in [3.8, 4) is 50.7 Å². The molecule has 11 nitrogen and oxygen atoms in total. The third-order valence-electron chi connectivity index (χ3n) is 10.1. The Morgan fingerprint density at radius 1 is 0.509 bits per heavy atom. The molecule has 2 saturated heterocycles. The van der Waals surface area contributed by atoms with Gasteiger partial charge in [-0.25, -0.2) is 0 Å². The van der Waals surface area contributed by atoms with Crippen LogP contribution in [0.4, 0.5) is 0 Å². The molecule has 1 aromatic heterocycles. The van der Waals surface area contributed by atoms with Crippen LogP contribution in [-0.4, -0.2) is 120 Å². The zero-order chi connectivity index (χ0) is 37.5. The van der Waals surface area contributed by atoms with Crippen molar-refractivity contribution in [2.45, 2.75) is 26.2 Å². The van der Waals surface area contributed by atoms with E-state index in [4.69, 9.17) is 40.6 Å². The van der Waals surface area contributed by atoms with Gasteiger partial charge in [-0.3, -0.25) is 19.6 Å². The van der Waals surface area contributed by atoms with Gasteiger partial charge in [-0.1, -0.05) is 32.9 Å². The van der Waals surface area contributed by atoms with Crippen LogP contribution in [0.1, 0.15) is 22.3 Å². The highest BCUT2D eigenvalue weighted by molar-refractivity contribution is 7.80. The van der Waals surface area contributed by atoms with Crippen molar-refractivity contribution in [1.29, 1.82) is 0 Å². The molecule has 3 aromatic carbocycles. The van der Waals surface area contributed by atoms with E-state index in [1.54, 1.807) is 63.3 Å². The molecule has 2 aliphatic rings. The molecular formula is C39H50N4O7S3. The van der Waals surface area contributed by atoms with Crippen molar-refractivity contribution in [2.24, 2.45) is 0 Å². The van der Waals surface area contributed by atoms with E-state index in [-0.39, 0.29) is 0 Å². The van der Waals surface area contributed by atoms with E-state index >= 15 is 0 Å². The standard InChI is InChI=1S/C39H50N4O7S3/c1-45-31-17-29(38(49-5)33(19-31)47-3)24-42-11-7-40(8-12-42)22-27-15-26(35-21-36(51)53-52-35)16-28(37(27)44)23-41-9-13-43(14-10-41)25-30-18-32(46-2)20-34(48-4)39(30)50-6/h15-21,44H,7-14,22-25H2,1-6H3. The third kappa shape index (κ3) is 9.37. The van der Waals surface area contributed by atoms with Crippen LogP contribution in [-0.2, 0) is 26.2 Å². The number of aromatic hydroxyl groups is 1. The second kappa shape index (κ2) is 18.1. The summed E-state index contributed by atoms with van der Waals surface area (Å²) >= 11 is 5.50. The summed E-state index contributed by atoms with van der Waals surface area (Å²) in [5.74, 6) is 4.68. The van der Waals surface area contributed by atoms with E-state index in [1.807, 2.05) is 24.3 Å². The van der Waals surface area contributed by atoms with Gasteiger partial charge >= 0.3 is 0 Å². The van der Waals surface area contributed by atoms with Gasteiger partial charge in [0.05, 0.1) is 42.7 Å². The maximum Gasteiger partial charge on any atom is 0.165 e. The van der Waals surface area contributed by atoms with Crippen molar-refractivity contribution in [2.75, 3.05) is 95.0 Å². The molecule has 0 radical (unpaired) electrons. The van der Waals surface area contributed by atoms with E-state index in [0.717, 1.165) is 125 Å². The minimum atomic E-state index is 0.388. The molecule has 2 aliphatic heterocycles. The number of phenolic OH excluding ortho intramolecular Hbond substituents is 1. The number of ether oxygens (including phenoxy) is 6. The van der Waals surface area contributed by atoms with Crippen molar-refractivity contribution < 1.29 is 33.5 Å². The first kappa shape index (κ1) is 39.1. The first-order valence-electron chi connectivity index (χ1n) is 17.7. The number of rotatable bonds is 15. The zero-order valence-electron chi connectivity index (χ0n) is 31.4. The van der Waals surface area contributed by atoms with Gasteiger partial charge in [0.1, 0.15) is 21.1 Å². The quantitative estimate of drug-likeness (QED) is 0.104. The number of benzene rings is 3. The summed E-state index contributed by atoms with van der Waals surface area (Å²) in [5.41, 5.74) is 5.08. The molecule has 0 atom stereocenters. The summed E-state index contributed by atoms with van der Waals surface area (Å²) in [7, 11) is 13.3. The van der Waals surface area contributed by atoms with Crippen LogP contribution < -0.4 is 28.4 Å². The molecule has 0 saturated carbocycles. The smallest absolute Gasteiger partial charge is 0.165 e. The van der Waals surface area contributed by atoms with Gasteiger partial charge in [0.15, 0.2) is 23.0 Å². The predicted molar refractivity (Wildman–Crippen MR) is 213 cm³/mol. The summed E-state index contributed by atoms with van der Waals surface area (Å²) < 4.78 is 34.5. The Balaban J connectivity index is 1.12. The Hall–Kier alpha value is -3.63. The minimum Gasteiger partial charge on any atom is -0.507 e. The van der Waals surface area contributed by atoms with Gasteiger partial charge < -0.3 is 33.5 Å². The van der Waals surface area contributed by atoms with Crippen LogP contribution in [0, 0.1) is 3.82 Å². The van der Waals surface area contributed by atoms with E-state index in [9.17, 15) is 5.11 Å². The van der Waals surface area contributed by atoms with E-state index in [1.165, 1.54) is 0 Å². The van der Waals surface area contributed by atoms with Crippen LogP contribution in [0.15, 0.2) is 42.5 Å². The first-order valence-corrected chi connectivity index (χ1v) is 20.2. The third-order valence-corrected chi connectivity index (χ3v) is 13.0. The molecule has 286 valence electrons. The molecule has 4 aromatic rings. The number of hydrogen-bond donors (Lipinski definition) is 1. The normalized spacial score (nSPS) is 16.0. The maximum atomic E-state index is 11.8. The fourth-order valence-corrected chi connectivity index (χ4v) is 9.58. The molecular weight excluding hydrogens is 733 g/mol. The van der Waals surface area contributed by atoms with Crippen molar-refractivity contribution in [3.63, 3.8) is 0 Å². The monoisotopic (exact) mass is 782 g/mol. The number of hydrogen-bond acceptors (Lipinski definition) is 14. The van der Waals surface area contributed by atoms with E-state index in [0.29, 0.717) is 30.3 Å². The molecule has 14 heteroatoms. The second-order valence-electron chi connectivity index (χ2n) is 13.3. The molecule has 0 spiro atoms. The molecule has 2 fully saturated rings. The summed E-state index contributed by atoms with van der Waals surface area (Å²) in [6.07, 6.45) is 0. The van der Waals surface area contributed by atoms with Gasteiger partial charge in [0, 0.05) is 118 Å². The highest BCUT2D eigenvalue weighted by Gasteiger charge is 2.25. The lowest BCUT2D eigenvalue weighted by Gasteiger charge is -2.36. The number of phenols is 1. The summed E-state index contributed by atoms with van der Waals surface area (Å²) in [4.78, 5) is 10.8. The molecule has 0 amide bonds. The molecule has 0 unspecified atom stereocenters. The van der Waals surface area contributed by atoms with Crippen LogP contribution in [0.3, 0.4) is 0 Å². The fraction of sp³-hybridized carbons (Fsp3) is 0.462. The first-order chi connectivity index (χ1) is 25.7. The van der Waals surface area contributed by atoms with Gasteiger partial charge in [-0.15, -0.1) is 0 Å². The van der Waals surface area contributed by atoms with Crippen LogP contribution in [0.5, 0.6) is 40.2 Å². The number of methoxy groups -OCH3 is 6.